The van der Waals surface area contributed by atoms with Crippen LogP contribution in [0, 0.1) is 5.82 Å². The molecule has 3 heteroatoms. The van der Waals surface area contributed by atoms with E-state index in [1.54, 1.807) is 0 Å². The standard InChI is InChI=1S/C30H19BrFN/c31-22-12-9-20(10-13-22)21-11-18-30-28(19-21)26-6-2-1-5-25(26)27-7-3-4-8-29(27)33(30)24-16-14-23(32)15-17-24/h1-19H. The lowest BCUT2D eigenvalue weighted by Gasteiger charge is -2.27. The Hall–Kier alpha value is -3.69. The van der Waals surface area contributed by atoms with Gasteiger partial charge in [-0.1, -0.05) is 76.6 Å². The summed E-state index contributed by atoms with van der Waals surface area (Å²) in [5.74, 6) is -0.240. The van der Waals surface area contributed by atoms with Crippen molar-refractivity contribution in [3.63, 3.8) is 0 Å². The van der Waals surface area contributed by atoms with Crippen molar-refractivity contribution in [2.24, 2.45) is 0 Å². The van der Waals surface area contributed by atoms with Gasteiger partial charge in [0.1, 0.15) is 5.82 Å². The Morgan fingerprint density at radius 3 is 1.82 bits per heavy atom. The van der Waals surface area contributed by atoms with Crippen LogP contribution >= 0.6 is 15.9 Å². The molecule has 0 unspecified atom stereocenters. The molecule has 0 saturated carbocycles. The number of hydrogen-bond donors (Lipinski definition) is 0. The number of benzene rings is 5. The van der Waals surface area contributed by atoms with Crippen molar-refractivity contribution in [2.75, 3.05) is 4.90 Å². The van der Waals surface area contributed by atoms with Crippen molar-refractivity contribution >= 4 is 33.0 Å². The van der Waals surface area contributed by atoms with Crippen LogP contribution in [-0.4, -0.2) is 0 Å². The van der Waals surface area contributed by atoms with Crippen LogP contribution in [0.5, 0.6) is 0 Å². The first-order valence-electron chi connectivity index (χ1n) is 10.8. The molecule has 1 aliphatic heterocycles. The van der Waals surface area contributed by atoms with Crippen molar-refractivity contribution in [3.05, 3.63) is 126 Å². The fraction of sp³-hybridized carbons (Fsp3) is 0. The summed E-state index contributed by atoms with van der Waals surface area (Å²) in [4.78, 5) is 2.23. The number of rotatable bonds is 2. The van der Waals surface area contributed by atoms with Crippen LogP contribution in [-0.2, 0) is 0 Å². The first-order chi connectivity index (χ1) is 16.2. The summed E-state index contributed by atoms with van der Waals surface area (Å²) in [5.41, 5.74) is 10.1. The smallest absolute Gasteiger partial charge is 0.123 e. The highest BCUT2D eigenvalue weighted by molar-refractivity contribution is 9.10. The van der Waals surface area contributed by atoms with Crippen LogP contribution in [0.1, 0.15) is 0 Å². The maximum atomic E-state index is 13.8. The van der Waals surface area contributed by atoms with Crippen molar-refractivity contribution in [2.45, 2.75) is 0 Å². The van der Waals surface area contributed by atoms with Gasteiger partial charge in [0, 0.05) is 21.3 Å². The SMILES string of the molecule is Fc1ccc(N2c3ccccc3-c3ccccc3-c3cc(-c4ccc(Br)cc4)ccc32)cc1. The van der Waals surface area contributed by atoms with E-state index >= 15 is 0 Å². The maximum Gasteiger partial charge on any atom is 0.123 e. The van der Waals surface area contributed by atoms with Crippen LogP contribution in [0.15, 0.2) is 120 Å². The number of halogens is 2. The molecule has 33 heavy (non-hydrogen) atoms. The minimum absolute atomic E-state index is 0.240. The third-order valence-electron chi connectivity index (χ3n) is 6.15. The van der Waals surface area contributed by atoms with Crippen molar-refractivity contribution < 1.29 is 4.39 Å². The van der Waals surface area contributed by atoms with E-state index in [4.69, 9.17) is 0 Å². The molecule has 1 nitrogen and oxygen atoms in total. The number of hydrogen-bond acceptors (Lipinski definition) is 1. The van der Waals surface area contributed by atoms with Gasteiger partial charge in [-0.15, -0.1) is 0 Å². The van der Waals surface area contributed by atoms with Gasteiger partial charge in [0.2, 0.25) is 0 Å². The lowest BCUT2D eigenvalue weighted by atomic mass is 9.92. The maximum absolute atomic E-state index is 13.8. The predicted octanol–water partition coefficient (Wildman–Crippen LogP) is 9.37. The highest BCUT2D eigenvalue weighted by Gasteiger charge is 2.26. The Bertz CT molecular complexity index is 1470. The molecule has 0 atom stereocenters. The van der Waals surface area contributed by atoms with E-state index in [2.05, 4.69) is 112 Å². The van der Waals surface area contributed by atoms with Crippen molar-refractivity contribution in [1.82, 2.24) is 0 Å². The molecule has 5 aromatic carbocycles. The Labute approximate surface area is 200 Å². The molecule has 0 spiro atoms. The first-order valence-corrected chi connectivity index (χ1v) is 11.6. The van der Waals surface area contributed by atoms with Crippen LogP contribution in [0.2, 0.25) is 0 Å². The number of nitrogens with zero attached hydrogens (tertiary/aromatic N) is 1. The number of para-hydroxylation sites is 1. The normalized spacial score (nSPS) is 11.9. The van der Waals surface area contributed by atoms with Crippen molar-refractivity contribution in [3.8, 4) is 33.4 Å². The molecular formula is C30H19BrFN. The van der Waals surface area contributed by atoms with Crippen LogP contribution in [0.3, 0.4) is 0 Å². The fourth-order valence-corrected chi connectivity index (χ4v) is 4.88. The Kier molecular flexibility index (Phi) is 4.85. The van der Waals surface area contributed by atoms with E-state index in [1.807, 2.05) is 12.1 Å². The molecule has 5 aromatic rings. The molecule has 158 valence electrons. The molecule has 6 rings (SSSR count). The van der Waals surface area contributed by atoms with Crippen LogP contribution in [0.25, 0.3) is 33.4 Å². The average molecular weight is 492 g/mol. The van der Waals surface area contributed by atoms with Gasteiger partial charge in [-0.3, -0.25) is 0 Å². The van der Waals surface area contributed by atoms with Crippen LogP contribution < -0.4 is 4.90 Å². The van der Waals surface area contributed by atoms with E-state index in [0.717, 1.165) is 43.8 Å². The summed E-state index contributed by atoms with van der Waals surface area (Å²) < 4.78 is 14.8. The third-order valence-corrected chi connectivity index (χ3v) is 6.68. The van der Waals surface area contributed by atoms with Crippen LogP contribution in [0.4, 0.5) is 21.5 Å². The second kappa shape index (κ2) is 8.02. The van der Waals surface area contributed by atoms with E-state index in [1.165, 1.54) is 23.3 Å². The Balaban J connectivity index is 1.66. The molecule has 1 heterocycles. The van der Waals surface area contributed by atoms with E-state index < -0.39 is 0 Å². The monoisotopic (exact) mass is 491 g/mol. The van der Waals surface area contributed by atoms with Gasteiger partial charge in [-0.25, -0.2) is 4.39 Å². The molecule has 0 fully saturated rings. The molecule has 0 aromatic heterocycles. The first kappa shape index (κ1) is 20.0. The zero-order valence-corrected chi connectivity index (χ0v) is 19.3. The van der Waals surface area contributed by atoms with Gasteiger partial charge in [-0.05, 0) is 76.9 Å². The van der Waals surface area contributed by atoms with Gasteiger partial charge in [0.05, 0.1) is 11.4 Å². The summed E-state index contributed by atoms with van der Waals surface area (Å²) in [6.45, 7) is 0. The summed E-state index contributed by atoms with van der Waals surface area (Å²) in [6, 6.07) is 38.7. The molecule has 0 N–H and O–H groups in total. The quantitative estimate of drug-likeness (QED) is 0.233. The van der Waals surface area contributed by atoms with Gasteiger partial charge < -0.3 is 4.90 Å². The Morgan fingerprint density at radius 2 is 1.09 bits per heavy atom. The zero-order valence-electron chi connectivity index (χ0n) is 17.7. The van der Waals surface area contributed by atoms with E-state index in [9.17, 15) is 4.39 Å². The topological polar surface area (TPSA) is 3.24 Å². The van der Waals surface area contributed by atoms with Gasteiger partial charge >= 0.3 is 0 Å². The molecule has 0 aliphatic carbocycles. The molecular weight excluding hydrogens is 473 g/mol. The van der Waals surface area contributed by atoms with Gasteiger partial charge in [0.15, 0.2) is 0 Å². The molecule has 0 bridgehead atoms. The highest BCUT2D eigenvalue weighted by atomic mass is 79.9. The largest absolute Gasteiger partial charge is 0.309 e. The summed E-state index contributed by atoms with van der Waals surface area (Å²) in [7, 11) is 0. The number of fused-ring (bicyclic) bond motifs is 5. The summed E-state index contributed by atoms with van der Waals surface area (Å²) in [5, 5.41) is 0. The second-order valence-electron chi connectivity index (χ2n) is 8.11. The zero-order chi connectivity index (χ0) is 22.4. The lowest BCUT2D eigenvalue weighted by molar-refractivity contribution is 0.628. The summed E-state index contributed by atoms with van der Waals surface area (Å²) in [6.07, 6.45) is 0. The fourth-order valence-electron chi connectivity index (χ4n) is 4.62. The number of anilines is 3. The van der Waals surface area contributed by atoms with Gasteiger partial charge in [0.25, 0.3) is 0 Å². The molecule has 0 saturated heterocycles. The predicted molar refractivity (Wildman–Crippen MR) is 139 cm³/mol. The van der Waals surface area contributed by atoms with Gasteiger partial charge in [-0.2, -0.15) is 0 Å². The molecule has 0 radical (unpaired) electrons. The molecule has 1 aliphatic rings. The second-order valence-corrected chi connectivity index (χ2v) is 9.03. The van der Waals surface area contributed by atoms with E-state index in [0.29, 0.717) is 0 Å². The third kappa shape index (κ3) is 3.46. The lowest BCUT2D eigenvalue weighted by Crippen LogP contribution is -2.11. The Morgan fingerprint density at radius 1 is 0.515 bits per heavy atom. The minimum Gasteiger partial charge on any atom is -0.309 e. The minimum atomic E-state index is -0.240. The van der Waals surface area contributed by atoms with Crippen molar-refractivity contribution in [1.29, 1.82) is 0 Å². The van der Waals surface area contributed by atoms with E-state index in [-0.39, 0.29) is 5.82 Å². The summed E-state index contributed by atoms with van der Waals surface area (Å²) >= 11 is 3.53. The highest BCUT2D eigenvalue weighted by Crippen LogP contribution is 2.51. The average Bonchev–Trinajstić information content (AvgIpc) is 2.98. The molecule has 0 amide bonds.